The Kier molecular flexibility index (Phi) is 8.41. The van der Waals surface area contributed by atoms with Gasteiger partial charge in [0.15, 0.2) is 9.90 Å². The number of aliphatic carboxylic acids is 1. The molecule has 0 amide bonds. The molecule has 0 aliphatic rings. The van der Waals surface area contributed by atoms with Crippen LogP contribution in [0, 0.1) is 0 Å². The predicted molar refractivity (Wildman–Crippen MR) is 134 cm³/mol. The molecule has 1 unspecified atom stereocenters. The largest absolute Gasteiger partial charge is 0.480 e. The number of rotatable bonds is 8. The summed E-state index contributed by atoms with van der Waals surface area (Å²) in [6.07, 6.45) is 1.34. The zero-order valence-corrected chi connectivity index (χ0v) is 20.9. The van der Waals surface area contributed by atoms with Gasteiger partial charge in [0, 0.05) is 12.6 Å². The van der Waals surface area contributed by atoms with E-state index >= 15 is 0 Å². The van der Waals surface area contributed by atoms with Crippen molar-refractivity contribution in [2.45, 2.75) is 42.5 Å². The molecule has 2 heterocycles. The van der Waals surface area contributed by atoms with Crippen molar-refractivity contribution >= 4 is 34.0 Å². The Bertz CT molecular complexity index is 1230. The molecular weight excluding hydrogens is 476 g/mol. The molecule has 0 aliphatic carbocycles. The molecule has 0 saturated heterocycles. The second-order valence-electron chi connectivity index (χ2n) is 8.84. The van der Waals surface area contributed by atoms with Gasteiger partial charge < -0.3 is 16.2 Å². The van der Waals surface area contributed by atoms with E-state index in [1.54, 1.807) is 24.3 Å². The fraction of sp³-hybridized carbons (Fsp3) is 0.292. The Balaban J connectivity index is 0.00000408. The summed E-state index contributed by atoms with van der Waals surface area (Å²) >= 11 is 0. The zero-order valence-electron chi connectivity index (χ0n) is 19.2. The van der Waals surface area contributed by atoms with Crippen LogP contribution < -0.4 is 11.1 Å². The van der Waals surface area contributed by atoms with Crippen LogP contribution in [0.5, 0.6) is 0 Å². The molecule has 0 fully saturated rings. The van der Waals surface area contributed by atoms with Crippen LogP contribution in [-0.2, 0) is 31.3 Å². The number of nitrogens with zero attached hydrogens (tertiary/aromatic N) is 2. The first-order valence-corrected chi connectivity index (χ1v) is 11.9. The average molecular weight is 505 g/mol. The first-order chi connectivity index (χ1) is 15.4. The molecule has 8 nitrogen and oxygen atoms in total. The third kappa shape index (κ3) is 5.91. The number of halogens is 1. The van der Waals surface area contributed by atoms with Crippen LogP contribution in [-0.4, -0.2) is 36.0 Å². The molecule has 4 N–H and O–H groups in total. The minimum Gasteiger partial charge on any atom is -0.480 e. The lowest BCUT2D eigenvalue weighted by atomic mass is 9.86. The van der Waals surface area contributed by atoms with E-state index in [4.69, 9.17) is 10.8 Å². The number of benzene rings is 1. The van der Waals surface area contributed by atoms with Crippen LogP contribution >= 0.6 is 12.4 Å². The lowest BCUT2D eigenvalue weighted by Crippen LogP contribution is -2.47. The molecule has 0 spiro atoms. The number of anilines is 1. The summed E-state index contributed by atoms with van der Waals surface area (Å²) in [6, 6.07) is 16.9. The number of sulfone groups is 1. The highest BCUT2D eigenvalue weighted by Gasteiger charge is 2.45. The molecular formula is C24H29ClN4O4S. The van der Waals surface area contributed by atoms with Crippen LogP contribution in [0.2, 0.25) is 0 Å². The molecule has 3 rings (SSSR count). The molecule has 3 aromatic rings. The van der Waals surface area contributed by atoms with Crippen molar-refractivity contribution in [3.8, 4) is 0 Å². The van der Waals surface area contributed by atoms with Crippen molar-refractivity contribution in [1.82, 2.24) is 9.97 Å². The summed E-state index contributed by atoms with van der Waals surface area (Å²) in [5.74, 6) is -0.856. The van der Waals surface area contributed by atoms with Crippen LogP contribution in [0.4, 0.5) is 5.82 Å². The average Bonchev–Trinajstić information content (AvgIpc) is 2.78. The minimum atomic E-state index is -4.18. The van der Waals surface area contributed by atoms with Gasteiger partial charge in [0.2, 0.25) is 9.84 Å². The van der Waals surface area contributed by atoms with Gasteiger partial charge in [-0.2, -0.15) is 0 Å². The first kappa shape index (κ1) is 27.2. The van der Waals surface area contributed by atoms with E-state index in [1.165, 1.54) is 18.3 Å². The molecule has 0 aliphatic heterocycles. The van der Waals surface area contributed by atoms with Gasteiger partial charge >= 0.3 is 5.97 Å². The normalized spacial score (nSPS) is 13.4. The molecule has 0 saturated carbocycles. The van der Waals surface area contributed by atoms with Gasteiger partial charge in [-0.05, 0) is 40.8 Å². The lowest BCUT2D eigenvalue weighted by Gasteiger charge is -2.29. The summed E-state index contributed by atoms with van der Waals surface area (Å²) in [7, 11) is -4.18. The molecule has 182 valence electrons. The van der Waals surface area contributed by atoms with Crippen molar-refractivity contribution in [2.24, 2.45) is 5.73 Å². The third-order valence-corrected chi connectivity index (χ3v) is 7.39. The maximum atomic E-state index is 13.7. The van der Waals surface area contributed by atoms with Crippen molar-refractivity contribution in [3.63, 3.8) is 0 Å². The van der Waals surface area contributed by atoms with Crippen molar-refractivity contribution in [2.75, 3.05) is 11.9 Å². The Morgan fingerprint density at radius 3 is 2.26 bits per heavy atom. The Morgan fingerprint density at radius 2 is 1.71 bits per heavy atom. The highest BCUT2D eigenvalue weighted by Crippen LogP contribution is 2.34. The summed E-state index contributed by atoms with van der Waals surface area (Å²) in [6.45, 7) is 5.93. The third-order valence-electron chi connectivity index (χ3n) is 5.28. The number of carboxylic acid groups (broad SMARTS) is 1. The van der Waals surface area contributed by atoms with Gasteiger partial charge in [0.1, 0.15) is 12.4 Å². The second-order valence-corrected chi connectivity index (χ2v) is 11.0. The molecule has 34 heavy (non-hydrogen) atoms. The van der Waals surface area contributed by atoms with Crippen LogP contribution in [0.25, 0.3) is 0 Å². The van der Waals surface area contributed by atoms with Gasteiger partial charge in [-0.1, -0.05) is 57.2 Å². The van der Waals surface area contributed by atoms with Gasteiger partial charge in [-0.3, -0.25) is 4.79 Å². The predicted octanol–water partition coefficient (Wildman–Crippen LogP) is 3.52. The summed E-state index contributed by atoms with van der Waals surface area (Å²) < 4.78 is 27.4. The number of aromatic nitrogens is 2. The maximum absolute atomic E-state index is 13.7. The Labute approximate surface area is 206 Å². The van der Waals surface area contributed by atoms with Crippen molar-refractivity contribution in [3.05, 3.63) is 83.7 Å². The fourth-order valence-electron chi connectivity index (χ4n) is 3.38. The fourth-order valence-corrected chi connectivity index (χ4v) is 4.95. The van der Waals surface area contributed by atoms with E-state index in [2.05, 4.69) is 36.1 Å². The topological polar surface area (TPSA) is 135 Å². The first-order valence-electron chi connectivity index (χ1n) is 10.4. The van der Waals surface area contributed by atoms with Gasteiger partial charge in [-0.15, -0.1) is 12.4 Å². The smallest absolute Gasteiger partial charge is 0.322 e. The highest BCUT2D eigenvalue weighted by atomic mass is 35.5. The lowest BCUT2D eigenvalue weighted by molar-refractivity contribution is -0.134. The summed E-state index contributed by atoms with van der Waals surface area (Å²) in [4.78, 5) is 17.4. The molecule has 0 radical (unpaired) electrons. The molecule has 1 aromatic carbocycles. The van der Waals surface area contributed by atoms with Crippen molar-refractivity contribution < 1.29 is 18.3 Å². The quantitative estimate of drug-likeness (QED) is 0.424. The Morgan fingerprint density at radius 1 is 1.03 bits per heavy atom. The number of hydrogen-bond donors (Lipinski definition) is 3. The van der Waals surface area contributed by atoms with E-state index in [9.17, 15) is 13.2 Å². The van der Waals surface area contributed by atoms with E-state index in [-0.39, 0.29) is 47.3 Å². The summed E-state index contributed by atoms with van der Waals surface area (Å²) in [5.41, 5.74) is 8.54. The van der Waals surface area contributed by atoms with Crippen LogP contribution in [0.1, 0.15) is 37.6 Å². The van der Waals surface area contributed by atoms with Crippen LogP contribution in [0.3, 0.4) is 0 Å². The molecule has 10 heteroatoms. The maximum Gasteiger partial charge on any atom is 0.322 e. The minimum absolute atomic E-state index is 0. The monoisotopic (exact) mass is 504 g/mol. The number of nitrogens with one attached hydrogen (secondary N) is 1. The standard InChI is InChI=1S/C24H28N4O4S.ClH/c1-23(2,3)18-12-10-17(11-13-18)15-24(25,33(31,32)21-9-4-5-14-26-21)19-7-6-8-20(28-19)27-16-22(29)30;/h4-14H,15-16,25H2,1-3H3,(H,27,28)(H,29,30);1H. The van der Waals surface area contributed by atoms with Crippen LogP contribution in [0.15, 0.2) is 71.9 Å². The van der Waals surface area contributed by atoms with Gasteiger partial charge in [0.25, 0.3) is 0 Å². The number of carbonyl (C=O) groups is 1. The van der Waals surface area contributed by atoms with Gasteiger partial charge in [-0.25, -0.2) is 18.4 Å². The Hall–Kier alpha value is -3.01. The number of pyridine rings is 2. The SMILES string of the molecule is CC(C)(C)c1ccc(CC(N)(c2cccc(NCC(=O)O)n2)S(=O)(=O)c2ccccn2)cc1.Cl. The number of hydrogen-bond acceptors (Lipinski definition) is 7. The highest BCUT2D eigenvalue weighted by molar-refractivity contribution is 7.92. The van der Waals surface area contributed by atoms with Crippen molar-refractivity contribution in [1.29, 1.82) is 0 Å². The molecule has 2 aromatic heterocycles. The van der Waals surface area contributed by atoms with E-state index in [0.29, 0.717) is 0 Å². The van der Waals surface area contributed by atoms with E-state index in [0.717, 1.165) is 11.1 Å². The van der Waals surface area contributed by atoms with E-state index < -0.39 is 20.7 Å². The molecule has 0 bridgehead atoms. The molecule has 1 atom stereocenters. The number of carboxylic acids is 1. The second kappa shape index (κ2) is 10.5. The number of nitrogens with two attached hydrogens (primary N) is 1. The van der Waals surface area contributed by atoms with Gasteiger partial charge in [0.05, 0.1) is 5.69 Å². The van der Waals surface area contributed by atoms with E-state index in [1.807, 2.05) is 24.3 Å². The summed E-state index contributed by atoms with van der Waals surface area (Å²) in [5, 5.41) is 11.4. The zero-order chi connectivity index (χ0) is 24.3.